The number of carbonyl (C=O) groups excluding carboxylic acids is 4. The minimum absolute atomic E-state index is 0.130. The van der Waals surface area contributed by atoms with Gasteiger partial charge in [-0.15, -0.1) is 11.8 Å². The molecule has 0 aromatic heterocycles. The number of ether oxygens (including phenoxy) is 1. The first-order valence-corrected chi connectivity index (χ1v) is 13.7. The molecule has 0 bridgehead atoms. The van der Waals surface area contributed by atoms with E-state index in [1.807, 2.05) is 31.2 Å². The first kappa shape index (κ1) is 26.9. The Morgan fingerprint density at radius 3 is 2.20 bits per heavy atom. The maximum atomic E-state index is 13.3. The Morgan fingerprint density at radius 2 is 1.45 bits per heavy atom. The van der Waals surface area contributed by atoms with Crippen molar-refractivity contribution in [1.82, 2.24) is 0 Å². The summed E-state index contributed by atoms with van der Waals surface area (Å²) in [7, 11) is 0. The predicted molar refractivity (Wildman–Crippen MR) is 155 cm³/mol. The highest BCUT2D eigenvalue weighted by Crippen LogP contribution is 2.33. The molecule has 0 heterocycles. The monoisotopic (exact) mass is 550 g/mol. The highest BCUT2D eigenvalue weighted by molar-refractivity contribution is 8.00. The van der Waals surface area contributed by atoms with Crippen molar-refractivity contribution in [3.63, 3.8) is 0 Å². The number of carbonyl (C=O) groups is 4. The zero-order valence-corrected chi connectivity index (χ0v) is 22.5. The van der Waals surface area contributed by atoms with Gasteiger partial charge in [-0.3, -0.25) is 19.2 Å². The van der Waals surface area contributed by atoms with Gasteiger partial charge < -0.3 is 15.4 Å². The lowest BCUT2D eigenvalue weighted by molar-refractivity contribution is -0.118. The molecule has 0 spiro atoms. The maximum absolute atomic E-state index is 13.3. The Morgan fingerprint density at radius 1 is 0.775 bits per heavy atom. The van der Waals surface area contributed by atoms with E-state index in [9.17, 15) is 19.2 Å². The summed E-state index contributed by atoms with van der Waals surface area (Å²) in [6, 6.07) is 27.9. The molecule has 1 aliphatic carbocycles. The molecule has 5 rings (SSSR count). The fourth-order valence-corrected chi connectivity index (χ4v) is 5.47. The van der Waals surface area contributed by atoms with Crippen molar-refractivity contribution >= 4 is 46.5 Å². The number of rotatable bonds is 9. The van der Waals surface area contributed by atoms with Crippen molar-refractivity contribution in [3.05, 3.63) is 119 Å². The van der Waals surface area contributed by atoms with Gasteiger partial charge in [-0.2, -0.15) is 0 Å². The van der Waals surface area contributed by atoms with Crippen LogP contribution in [-0.4, -0.2) is 35.2 Å². The number of amides is 2. The van der Waals surface area contributed by atoms with Crippen molar-refractivity contribution < 1.29 is 23.9 Å². The third-order valence-electron chi connectivity index (χ3n) is 6.38. The van der Waals surface area contributed by atoms with Crippen LogP contribution in [0.25, 0.3) is 0 Å². The topological polar surface area (TPSA) is 102 Å². The Hall–Kier alpha value is -4.69. The molecular formula is C32H26N2O5S. The second-order valence-electron chi connectivity index (χ2n) is 9.11. The smallest absolute Gasteiger partial charge is 0.262 e. The lowest BCUT2D eigenvalue weighted by Crippen LogP contribution is -2.28. The lowest BCUT2D eigenvalue weighted by Gasteiger charge is -2.21. The van der Waals surface area contributed by atoms with E-state index in [0.29, 0.717) is 34.7 Å². The van der Waals surface area contributed by atoms with E-state index in [1.165, 1.54) is 11.8 Å². The lowest BCUT2D eigenvalue weighted by atomic mass is 9.83. The van der Waals surface area contributed by atoms with E-state index in [-0.39, 0.29) is 41.1 Å². The Balaban J connectivity index is 1.26. The minimum Gasteiger partial charge on any atom is -0.484 e. The number of nitrogens with one attached hydrogen (secondary N) is 2. The van der Waals surface area contributed by atoms with Crippen LogP contribution in [0.15, 0.2) is 102 Å². The van der Waals surface area contributed by atoms with E-state index < -0.39 is 5.25 Å². The van der Waals surface area contributed by atoms with Crippen LogP contribution >= 0.6 is 11.8 Å². The van der Waals surface area contributed by atoms with Crippen molar-refractivity contribution in [3.8, 4) is 5.75 Å². The Kier molecular flexibility index (Phi) is 8.07. The number of hydrogen-bond donors (Lipinski definition) is 2. The summed E-state index contributed by atoms with van der Waals surface area (Å²) in [4.78, 5) is 52.8. The van der Waals surface area contributed by atoms with E-state index in [1.54, 1.807) is 72.8 Å². The zero-order chi connectivity index (χ0) is 28.1. The van der Waals surface area contributed by atoms with Crippen LogP contribution in [0.2, 0.25) is 0 Å². The van der Waals surface area contributed by atoms with Crippen molar-refractivity contribution in [2.75, 3.05) is 17.2 Å². The van der Waals surface area contributed by atoms with Gasteiger partial charge in [-0.05, 0) is 42.8 Å². The molecule has 40 heavy (non-hydrogen) atoms. The van der Waals surface area contributed by atoms with Crippen molar-refractivity contribution in [2.24, 2.45) is 0 Å². The molecule has 0 fully saturated rings. The van der Waals surface area contributed by atoms with Gasteiger partial charge in [0, 0.05) is 27.3 Å². The number of anilines is 2. The van der Waals surface area contributed by atoms with Gasteiger partial charge in [0.2, 0.25) is 5.91 Å². The average Bonchev–Trinajstić information content (AvgIpc) is 2.98. The van der Waals surface area contributed by atoms with Gasteiger partial charge in [0.25, 0.3) is 5.91 Å². The summed E-state index contributed by atoms with van der Waals surface area (Å²) < 4.78 is 5.50. The molecular weight excluding hydrogens is 524 g/mol. The molecule has 200 valence electrons. The molecule has 1 aliphatic rings. The van der Waals surface area contributed by atoms with E-state index >= 15 is 0 Å². The highest BCUT2D eigenvalue weighted by atomic mass is 32.2. The van der Waals surface area contributed by atoms with Crippen LogP contribution in [0.4, 0.5) is 11.4 Å². The number of hydrogen-bond acceptors (Lipinski definition) is 6. The van der Waals surface area contributed by atoms with E-state index in [4.69, 9.17) is 4.74 Å². The second kappa shape index (κ2) is 12.0. The van der Waals surface area contributed by atoms with Crippen LogP contribution in [0.5, 0.6) is 5.75 Å². The van der Waals surface area contributed by atoms with Crippen molar-refractivity contribution in [1.29, 1.82) is 0 Å². The molecule has 0 radical (unpaired) electrons. The van der Waals surface area contributed by atoms with Gasteiger partial charge >= 0.3 is 0 Å². The summed E-state index contributed by atoms with van der Waals surface area (Å²) in [5.41, 5.74) is 2.08. The van der Waals surface area contributed by atoms with E-state index in [2.05, 4.69) is 10.6 Å². The van der Waals surface area contributed by atoms with Crippen LogP contribution < -0.4 is 15.4 Å². The third kappa shape index (κ3) is 5.82. The molecule has 2 N–H and O–H groups in total. The molecule has 7 nitrogen and oxygen atoms in total. The summed E-state index contributed by atoms with van der Waals surface area (Å²) in [5, 5.41) is 5.22. The zero-order valence-electron chi connectivity index (χ0n) is 21.7. The Labute approximate surface area is 235 Å². The van der Waals surface area contributed by atoms with Gasteiger partial charge in [0.05, 0.1) is 16.5 Å². The molecule has 4 aromatic carbocycles. The molecule has 8 heteroatoms. The molecule has 1 unspecified atom stereocenters. The maximum Gasteiger partial charge on any atom is 0.262 e. The normalized spacial score (nSPS) is 12.6. The molecule has 2 amide bonds. The molecule has 0 saturated carbocycles. The molecule has 1 atom stereocenters. The summed E-state index contributed by atoms with van der Waals surface area (Å²) >= 11 is 1.35. The third-order valence-corrected chi connectivity index (χ3v) is 7.74. The van der Waals surface area contributed by atoms with Crippen LogP contribution in [0, 0.1) is 0 Å². The largest absolute Gasteiger partial charge is 0.484 e. The molecule has 4 aromatic rings. The standard InChI is InChI=1S/C32H26N2O5S/c1-2-27(40-22-13-8-10-20(18-22)33-28(35)19-39-21-11-4-3-5-12-21)32(38)34-26-17-9-16-25-29(26)31(37)24-15-7-6-14-23(24)30(25)36/h3-18,27H,2,19H2,1H3,(H,33,35)(H,34,38). The predicted octanol–water partition coefficient (Wildman–Crippen LogP) is 5.99. The SMILES string of the molecule is CCC(Sc1cccc(NC(=O)COc2ccccc2)c1)C(=O)Nc1cccc2c1C(=O)c1ccccc1C2=O. The summed E-state index contributed by atoms with van der Waals surface area (Å²) in [6.07, 6.45) is 0.517. The van der Waals surface area contributed by atoms with Gasteiger partial charge in [-0.1, -0.05) is 67.6 Å². The number of fused-ring (bicyclic) bond motifs is 2. The van der Waals surface area contributed by atoms with Crippen LogP contribution in [0.1, 0.15) is 45.2 Å². The quantitative estimate of drug-likeness (QED) is 0.219. The first-order chi connectivity index (χ1) is 19.4. The minimum atomic E-state index is -0.482. The average molecular weight is 551 g/mol. The van der Waals surface area contributed by atoms with Crippen LogP contribution in [0.3, 0.4) is 0 Å². The van der Waals surface area contributed by atoms with Crippen LogP contribution in [-0.2, 0) is 9.59 Å². The van der Waals surface area contributed by atoms with Gasteiger partial charge in [0.1, 0.15) is 5.75 Å². The van der Waals surface area contributed by atoms with Gasteiger partial charge in [0.15, 0.2) is 18.2 Å². The second-order valence-corrected chi connectivity index (χ2v) is 10.4. The molecule has 0 aliphatic heterocycles. The van der Waals surface area contributed by atoms with Gasteiger partial charge in [-0.25, -0.2) is 0 Å². The highest BCUT2D eigenvalue weighted by Gasteiger charge is 2.32. The fraction of sp³-hybridized carbons (Fsp3) is 0.125. The summed E-state index contributed by atoms with van der Waals surface area (Å²) in [5.74, 6) is -0.512. The summed E-state index contributed by atoms with van der Waals surface area (Å²) in [6.45, 7) is 1.77. The number of benzene rings is 4. The van der Waals surface area contributed by atoms with Crippen molar-refractivity contribution in [2.45, 2.75) is 23.5 Å². The number of para-hydroxylation sites is 1. The van der Waals surface area contributed by atoms with E-state index in [0.717, 1.165) is 4.90 Å². The Bertz CT molecular complexity index is 1600. The number of ketones is 2. The number of thioether (sulfide) groups is 1. The molecule has 0 saturated heterocycles. The fourth-order valence-electron chi connectivity index (χ4n) is 4.46. The first-order valence-electron chi connectivity index (χ1n) is 12.8.